The summed E-state index contributed by atoms with van der Waals surface area (Å²) in [4.78, 5) is 34.6. The Bertz CT molecular complexity index is 1370. The normalized spacial score (nSPS) is 28.7. The predicted octanol–water partition coefficient (Wildman–Crippen LogP) is 0.428. The lowest BCUT2D eigenvalue weighted by molar-refractivity contribution is -0.186. The largest absolute Gasteiger partial charge is 0.507 e. The number of aromatic amines is 1. The number of nitrogens with two attached hydrogens (primary N) is 1. The summed E-state index contributed by atoms with van der Waals surface area (Å²) in [6, 6.07) is 8.27. The zero-order valence-corrected chi connectivity index (χ0v) is 23.0. The van der Waals surface area contributed by atoms with Crippen molar-refractivity contribution < 1.29 is 34.8 Å². The zero-order valence-electron chi connectivity index (χ0n) is 23.0. The van der Waals surface area contributed by atoms with Crippen LogP contribution in [0, 0.1) is 6.92 Å². The fourth-order valence-electron chi connectivity index (χ4n) is 5.60. The maximum atomic E-state index is 13.1. The highest BCUT2D eigenvalue weighted by molar-refractivity contribution is 5.94. The molecule has 0 unspecified atom stereocenters. The summed E-state index contributed by atoms with van der Waals surface area (Å²) in [6.45, 7) is 3.30. The molecule has 13 nitrogen and oxygen atoms in total. The van der Waals surface area contributed by atoms with Crippen molar-refractivity contribution >= 4 is 29.0 Å². The second-order valence-electron chi connectivity index (χ2n) is 10.7. The van der Waals surface area contributed by atoms with Gasteiger partial charge in [0.1, 0.15) is 29.1 Å². The van der Waals surface area contributed by atoms with Crippen LogP contribution in [0.25, 0.3) is 11.0 Å². The maximum Gasteiger partial charge on any atom is 0.342 e. The number of hydrogen-bond acceptors (Lipinski definition) is 10. The third-order valence-corrected chi connectivity index (χ3v) is 7.99. The molecule has 6 atom stereocenters. The van der Waals surface area contributed by atoms with Gasteiger partial charge in [0.05, 0.1) is 29.2 Å². The van der Waals surface area contributed by atoms with E-state index in [1.54, 1.807) is 37.3 Å². The Morgan fingerprint density at radius 2 is 1.88 bits per heavy atom. The second-order valence-corrected chi connectivity index (χ2v) is 10.7. The number of anilines is 1. The Morgan fingerprint density at radius 3 is 2.48 bits per heavy atom. The SMILES string of the molecule is Cc1cccc(O)c1C(=O)OC[C@@]1(O)[C@@H](Nc2nc3ccccc3[nH]2)[C@H](N)[C@@](NC(=O)N(C)C)([C@H](C)O)[C@@]1(C)O. The maximum absolute atomic E-state index is 13.1. The summed E-state index contributed by atoms with van der Waals surface area (Å²) < 4.78 is 5.47. The molecule has 0 spiro atoms. The first-order valence-corrected chi connectivity index (χ1v) is 12.7. The number of aryl methyl sites for hydroxylation is 1. The number of aromatic nitrogens is 2. The highest BCUT2D eigenvalue weighted by Gasteiger charge is 2.76. The van der Waals surface area contributed by atoms with Gasteiger partial charge in [-0.2, -0.15) is 0 Å². The Balaban J connectivity index is 1.79. The fourth-order valence-corrected chi connectivity index (χ4v) is 5.60. The number of benzene rings is 2. The van der Waals surface area contributed by atoms with E-state index in [0.29, 0.717) is 16.6 Å². The molecule has 9 N–H and O–H groups in total. The molecule has 40 heavy (non-hydrogen) atoms. The second kappa shape index (κ2) is 10.2. The molecule has 0 bridgehead atoms. The fraction of sp³-hybridized carbons (Fsp3) is 0.444. The van der Waals surface area contributed by atoms with E-state index in [-0.39, 0.29) is 17.3 Å². The first-order chi connectivity index (χ1) is 18.7. The van der Waals surface area contributed by atoms with E-state index in [2.05, 4.69) is 20.6 Å². The minimum atomic E-state index is -2.41. The van der Waals surface area contributed by atoms with E-state index >= 15 is 0 Å². The summed E-state index contributed by atoms with van der Waals surface area (Å²) in [6.07, 6.45) is -1.49. The number of aliphatic hydroxyl groups is 3. The Kier molecular flexibility index (Phi) is 7.45. The van der Waals surface area contributed by atoms with E-state index in [1.165, 1.54) is 38.9 Å². The number of imidazole rings is 1. The van der Waals surface area contributed by atoms with E-state index in [9.17, 15) is 30.0 Å². The number of hydrogen-bond donors (Lipinski definition) is 8. The molecule has 1 aliphatic carbocycles. The summed E-state index contributed by atoms with van der Waals surface area (Å²) >= 11 is 0. The van der Waals surface area contributed by atoms with Gasteiger partial charge < -0.3 is 51.4 Å². The average Bonchev–Trinajstić information content (AvgIpc) is 3.34. The summed E-state index contributed by atoms with van der Waals surface area (Å²) in [5.74, 6) is -1.10. The van der Waals surface area contributed by atoms with Crippen molar-refractivity contribution in [3.63, 3.8) is 0 Å². The molecule has 4 rings (SSSR count). The van der Waals surface area contributed by atoms with Gasteiger partial charge in [-0.15, -0.1) is 0 Å². The van der Waals surface area contributed by atoms with Gasteiger partial charge in [-0.05, 0) is 44.5 Å². The number of ether oxygens (including phenoxy) is 1. The molecule has 2 aromatic carbocycles. The van der Waals surface area contributed by atoms with Crippen molar-refractivity contribution in [2.75, 3.05) is 26.0 Å². The number of aliphatic hydroxyl groups excluding tert-OH is 1. The Morgan fingerprint density at radius 1 is 1.20 bits per heavy atom. The van der Waals surface area contributed by atoms with E-state index < -0.39 is 53.5 Å². The van der Waals surface area contributed by atoms with Crippen molar-refractivity contribution in [2.45, 2.75) is 55.7 Å². The molecule has 0 aliphatic heterocycles. The molecule has 2 amide bonds. The topological polar surface area (TPSA) is 206 Å². The van der Waals surface area contributed by atoms with Crippen molar-refractivity contribution in [3.05, 3.63) is 53.6 Å². The number of esters is 1. The number of H-pyrrole nitrogens is 1. The van der Waals surface area contributed by atoms with E-state index in [1.807, 2.05) is 6.07 Å². The number of nitrogens with one attached hydrogen (secondary N) is 3. The Labute approximate surface area is 231 Å². The van der Waals surface area contributed by atoms with Crippen LogP contribution in [0.5, 0.6) is 5.75 Å². The molecular formula is C27H36N6O7. The molecule has 1 fully saturated rings. The van der Waals surface area contributed by atoms with Crippen molar-refractivity contribution in [2.24, 2.45) is 5.73 Å². The van der Waals surface area contributed by atoms with Gasteiger partial charge in [-0.25, -0.2) is 14.6 Å². The van der Waals surface area contributed by atoms with Crippen molar-refractivity contribution in [3.8, 4) is 5.75 Å². The smallest absolute Gasteiger partial charge is 0.342 e. The zero-order chi connectivity index (χ0) is 29.6. The lowest BCUT2D eigenvalue weighted by Gasteiger charge is -2.48. The minimum absolute atomic E-state index is 0.113. The summed E-state index contributed by atoms with van der Waals surface area (Å²) in [7, 11) is 2.93. The number of para-hydroxylation sites is 2. The monoisotopic (exact) mass is 556 g/mol. The van der Waals surface area contributed by atoms with Crippen LogP contribution in [0.3, 0.4) is 0 Å². The average molecular weight is 557 g/mol. The van der Waals surface area contributed by atoms with Crippen LogP contribution in [0.2, 0.25) is 0 Å². The molecule has 0 saturated heterocycles. The van der Waals surface area contributed by atoms with Gasteiger partial charge in [0.2, 0.25) is 5.95 Å². The quantitative estimate of drug-likeness (QED) is 0.188. The third-order valence-electron chi connectivity index (χ3n) is 7.99. The number of carbonyl (C=O) groups is 2. The van der Waals surface area contributed by atoms with Crippen LogP contribution in [0.1, 0.15) is 29.8 Å². The van der Waals surface area contributed by atoms with Crippen LogP contribution in [0.4, 0.5) is 10.7 Å². The standard InChI is InChI=1S/C27H36N6O7/c1-14-9-8-12-18(35)19(14)22(36)40-13-26(39)21(31-23-29-16-10-6-7-11-17(16)30-23)20(28)27(15(2)34,25(26,3)38)32-24(37)33(4)5/h6-12,15,20-21,34-35,38-39H,13,28H2,1-5H3,(H,32,37)(H2,29,30,31)/t15-,20-,21-,25-,26+,27-/m0/s1. The first kappa shape index (κ1) is 29.1. The summed E-state index contributed by atoms with van der Waals surface area (Å²) in [5.41, 5.74) is 1.43. The predicted molar refractivity (Wildman–Crippen MR) is 147 cm³/mol. The van der Waals surface area contributed by atoms with Crippen LogP contribution < -0.4 is 16.4 Å². The van der Waals surface area contributed by atoms with Crippen LogP contribution in [0.15, 0.2) is 42.5 Å². The molecule has 1 heterocycles. The number of aromatic hydroxyl groups is 1. The van der Waals surface area contributed by atoms with Gasteiger partial charge in [0.15, 0.2) is 5.60 Å². The number of amides is 2. The highest BCUT2D eigenvalue weighted by Crippen LogP contribution is 2.49. The van der Waals surface area contributed by atoms with Gasteiger partial charge >= 0.3 is 12.0 Å². The molecule has 1 aromatic heterocycles. The molecule has 3 aromatic rings. The molecular weight excluding hydrogens is 520 g/mol. The number of rotatable bonds is 7. The lowest BCUT2D eigenvalue weighted by Crippen LogP contribution is -2.76. The number of phenolic OH excluding ortho intramolecular Hbond substituents is 1. The van der Waals surface area contributed by atoms with Gasteiger partial charge in [-0.1, -0.05) is 24.3 Å². The summed E-state index contributed by atoms with van der Waals surface area (Å²) in [5, 5.41) is 51.1. The van der Waals surface area contributed by atoms with Gasteiger partial charge in [0, 0.05) is 14.1 Å². The van der Waals surface area contributed by atoms with E-state index in [4.69, 9.17) is 10.5 Å². The van der Waals surface area contributed by atoms with Gasteiger partial charge in [0.25, 0.3) is 0 Å². The van der Waals surface area contributed by atoms with Crippen LogP contribution in [-0.2, 0) is 4.74 Å². The van der Waals surface area contributed by atoms with E-state index in [0.717, 1.165) is 0 Å². The number of nitrogens with zero attached hydrogens (tertiary/aromatic N) is 2. The molecule has 1 aliphatic rings. The van der Waals surface area contributed by atoms with Crippen LogP contribution in [-0.4, -0.2) is 103 Å². The van der Waals surface area contributed by atoms with Crippen molar-refractivity contribution in [1.82, 2.24) is 20.2 Å². The van der Waals surface area contributed by atoms with Gasteiger partial charge in [-0.3, -0.25) is 0 Å². The molecule has 13 heteroatoms. The number of fused-ring (bicyclic) bond motifs is 1. The first-order valence-electron chi connectivity index (χ1n) is 12.7. The lowest BCUT2D eigenvalue weighted by atomic mass is 9.73. The molecule has 0 radical (unpaired) electrons. The molecule has 216 valence electrons. The highest BCUT2D eigenvalue weighted by atomic mass is 16.5. The third kappa shape index (κ3) is 4.40. The number of carbonyl (C=O) groups excluding carboxylic acids is 2. The van der Waals surface area contributed by atoms with Crippen molar-refractivity contribution in [1.29, 1.82) is 0 Å². The number of urea groups is 1. The minimum Gasteiger partial charge on any atom is -0.507 e. The van der Waals surface area contributed by atoms with Crippen LogP contribution >= 0.6 is 0 Å². The Hall–Kier alpha value is -3.91. The molecule has 1 saturated carbocycles. The number of phenols is 1.